The van der Waals surface area contributed by atoms with Gasteiger partial charge in [0.2, 0.25) is 5.91 Å². The molecule has 9 heteroatoms. The minimum absolute atomic E-state index is 0.0940. The van der Waals surface area contributed by atoms with Crippen molar-refractivity contribution < 1.29 is 33.0 Å². The quantitative estimate of drug-likeness (QED) is 0.180. The van der Waals surface area contributed by atoms with Gasteiger partial charge >= 0.3 is 11.9 Å². The van der Waals surface area contributed by atoms with E-state index in [0.717, 1.165) is 23.2 Å². The average molecular weight is 589 g/mol. The highest BCUT2D eigenvalue weighted by Crippen LogP contribution is 2.67. The van der Waals surface area contributed by atoms with Crippen LogP contribution in [0.5, 0.6) is 11.5 Å². The van der Waals surface area contributed by atoms with E-state index in [1.807, 2.05) is 17.0 Å². The SMILES string of the molecule is C=CCN1CC[C@]23c4c5ccc(OC(C)=O)c4OC2C(N(CC(C)C)C(=O)/C=C/c2ccoc2)CC[C@@]3(OC(C)=O)[C@H]1C5. The van der Waals surface area contributed by atoms with Crippen molar-refractivity contribution in [2.75, 3.05) is 19.6 Å². The van der Waals surface area contributed by atoms with E-state index >= 15 is 0 Å². The van der Waals surface area contributed by atoms with Gasteiger partial charge in [-0.3, -0.25) is 19.3 Å². The number of hydrogen-bond acceptors (Lipinski definition) is 8. The zero-order valence-corrected chi connectivity index (χ0v) is 25.3. The van der Waals surface area contributed by atoms with Crippen LogP contribution in [0.15, 0.2) is 53.9 Å². The predicted molar refractivity (Wildman–Crippen MR) is 160 cm³/mol. The molecule has 2 aliphatic carbocycles. The van der Waals surface area contributed by atoms with Gasteiger partial charge in [-0.25, -0.2) is 0 Å². The molecule has 2 aliphatic heterocycles. The molecule has 4 aliphatic rings. The van der Waals surface area contributed by atoms with Crippen LogP contribution in [0.1, 0.15) is 63.6 Å². The molecule has 228 valence electrons. The number of nitrogens with zero attached hydrogens (tertiary/aromatic N) is 2. The minimum Gasteiger partial charge on any atom is -0.483 e. The molecule has 6 rings (SSSR count). The Labute approximate surface area is 252 Å². The fraction of sp³-hybridized carbons (Fsp3) is 0.500. The molecule has 9 nitrogen and oxygen atoms in total. The Morgan fingerprint density at radius 1 is 1.19 bits per heavy atom. The van der Waals surface area contributed by atoms with Gasteiger partial charge in [0.1, 0.15) is 11.7 Å². The van der Waals surface area contributed by atoms with E-state index in [1.165, 1.54) is 13.8 Å². The molecule has 2 aromatic rings. The lowest BCUT2D eigenvalue weighted by Crippen LogP contribution is -2.79. The Balaban J connectivity index is 1.52. The van der Waals surface area contributed by atoms with Crippen LogP contribution in [0.3, 0.4) is 0 Å². The Bertz CT molecular complexity index is 1460. The summed E-state index contributed by atoms with van der Waals surface area (Å²) < 4.78 is 24.3. The molecule has 0 N–H and O–H groups in total. The third kappa shape index (κ3) is 4.60. The molecule has 2 fully saturated rings. The number of carbonyl (C=O) groups excluding carboxylic acids is 3. The summed E-state index contributed by atoms with van der Waals surface area (Å²) >= 11 is 0. The summed E-state index contributed by atoms with van der Waals surface area (Å²) in [4.78, 5) is 43.3. The Morgan fingerprint density at radius 2 is 2.00 bits per heavy atom. The van der Waals surface area contributed by atoms with Gasteiger partial charge < -0.3 is 23.5 Å². The van der Waals surface area contributed by atoms with Crippen LogP contribution < -0.4 is 9.47 Å². The zero-order valence-electron chi connectivity index (χ0n) is 25.3. The number of likely N-dealkylation sites (tertiary alicyclic amines) is 1. The summed E-state index contributed by atoms with van der Waals surface area (Å²) in [7, 11) is 0. The highest BCUT2D eigenvalue weighted by molar-refractivity contribution is 5.92. The zero-order chi connectivity index (χ0) is 30.5. The van der Waals surface area contributed by atoms with E-state index in [0.29, 0.717) is 50.3 Å². The fourth-order valence-corrected chi connectivity index (χ4v) is 8.38. The largest absolute Gasteiger partial charge is 0.483 e. The summed E-state index contributed by atoms with van der Waals surface area (Å²) in [6.45, 7) is 13.0. The summed E-state index contributed by atoms with van der Waals surface area (Å²) in [5, 5.41) is 0. The smallest absolute Gasteiger partial charge is 0.308 e. The maximum atomic E-state index is 14.0. The van der Waals surface area contributed by atoms with Gasteiger partial charge in [0, 0.05) is 50.7 Å². The molecule has 0 radical (unpaired) electrons. The summed E-state index contributed by atoms with van der Waals surface area (Å²) in [6, 6.07) is 5.22. The maximum absolute atomic E-state index is 14.0. The number of amides is 1. The highest BCUT2D eigenvalue weighted by atomic mass is 16.6. The molecule has 1 spiro atoms. The van der Waals surface area contributed by atoms with E-state index < -0.39 is 23.1 Å². The van der Waals surface area contributed by atoms with Crippen LogP contribution in [0.4, 0.5) is 0 Å². The van der Waals surface area contributed by atoms with Crippen LogP contribution in [-0.4, -0.2) is 71.1 Å². The molecular weight excluding hydrogens is 548 g/mol. The number of piperidine rings is 1. The van der Waals surface area contributed by atoms with Crippen LogP contribution in [0, 0.1) is 5.92 Å². The Morgan fingerprint density at radius 3 is 2.67 bits per heavy atom. The highest BCUT2D eigenvalue weighted by Gasteiger charge is 2.75. The molecule has 1 aromatic carbocycles. The predicted octanol–water partition coefficient (Wildman–Crippen LogP) is 4.68. The molecule has 1 amide bonds. The van der Waals surface area contributed by atoms with Crippen molar-refractivity contribution in [1.29, 1.82) is 0 Å². The van der Waals surface area contributed by atoms with Gasteiger partial charge in [0.25, 0.3) is 0 Å². The van der Waals surface area contributed by atoms with Crippen molar-refractivity contribution in [2.45, 2.75) is 82.6 Å². The topological polar surface area (TPSA) is 98.5 Å². The average Bonchev–Trinajstić information content (AvgIpc) is 3.58. The van der Waals surface area contributed by atoms with Gasteiger partial charge in [0.05, 0.1) is 30.0 Å². The van der Waals surface area contributed by atoms with Crippen molar-refractivity contribution >= 4 is 23.9 Å². The molecule has 1 saturated heterocycles. The minimum atomic E-state index is -0.881. The number of esters is 2. The lowest BCUT2D eigenvalue weighted by atomic mass is 9.48. The first kappa shape index (κ1) is 29.2. The fourth-order valence-electron chi connectivity index (χ4n) is 8.38. The normalized spacial score (nSPS) is 28.7. The van der Waals surface area contributed by atoms with Crippen LogP contribution in [0.2, 0.25) is 0 Å². The van der Waals surface area contributed by atoms with Crippen molar-refractivity contribution in [3.8, 4) is 11.5 Å². The third-order valence-electron chi connectivity index (χ3n) is 9.64. The third-order valence-corrected chi connectivity index (χ3v) is 9.64. The van der Waals surface area contributed by atoms with Crippen molar-refractivity contribution in [3.05, 3.63) is 66.1 Å². The first-order valence-electron chi connectivity index (χ1n) is 15.2. The van der Waals surface area contributed by atoms with Crippen molar-refractivity contribution in [2.24, 2.45) is 5.92 Å². The second-order valence-corrected chi connectivity index (χ2v) is 12.6. The van der Waals surface area contributed by atoms with Gasteiger partial charge in [-0.15, -0.1) is 6.58 Å². The molecule has 43 heavy (non-hydrogen) atoms. The number of benzene rings is 1. The van der Waals surface area contributed by atoms with Crippen molar-refractivity contribution in [3.63, 3.8) is 0 Å². The molecule has 2 bridgehead atoms. The molecule has 3 heterocycles. The van der Waals surface area contributed by atoms with Crippen LogP contribution >= 0.6 is 0 Å². The van der Waals surface area contributed by atoms with Crippen LogP contribution in [0.25, 0.3) is 6.08 Å². The lowest BCUT2D eigenvalue weighted by Gasteiger charge is -2.65. The van der Waals surface area contributed by atoms with E-state index in [1.54, 1.807) is 36.8 Å². The van der Waals surface area contributed by atoms with Crippen molar-refractivity contribution in [1.82, 2.24) is 9.80 Å². The summed E-state index contributed by atoms with van der Waals surface area (Å²) in [5.74, 6) is 0.196. The van der Waals surface area contributed by atoms with E-state index in [2.05, 4.69) is 25.3 Å². The van der Waals surface area contributed by atoms with Gasteiger partial charge in [-0.1, -0.05) is 26.0 Å². The van der Waals surface area contributed by atoms with Gasteiger partial charge in [-0.2, -0.15) is 0 Å². The van der Waals surface area contributed by atoms with Crippen LogP contribution in [-0.2, 0) is 31.0 Å². The van der Waals surface area contributed by atoms with E-state index in [9.17, 15) is 14.4 Å². The number of hydrogen-bond donors (Lipinski definition) is 0. The summed E-state index contributed by atoms with van der Waals surface area (Å²) in [6.07, 6.45) is 10.4. The lowest BCUT2D eigenvalue weighted by molar-refractivity contribution is -0.223. The molecule has 1 aromatic heterocycles. The van der Waals surface area contributed by atoms with E-state index in [4.69, 9.17) is 18.6 Å². The van der Waals surface area contributed by atoms with Gasteiger partial charge in [-0.05, 0) is 55.4 Å². The Kier molecular flexibility index (Phi) is 7.49. The van der Waals surface area contributed by atoms with Gasteiger partial charge in [0.15, 0.2) is 11.5 Å². The second-order valence-electron chi connectivity index (χ2n) is 12.6. The first-order chi connectivity index (χ1) is 20.6. The number of furan rings is 1. The molecule has 5 atom stereocenters. The second kappa shape index (κ2) is 11.0. The summed E-state index contributed by atoms with van der Waals surface area (Å²) in [5.41, 5.74) is 1.25. The monoisotopic (exact) mass is 588 g/mol. The molecule has 1 saturated carbocycles. The standard InChI is InChI=1S/C34H40N2O7/c1-6-15-35-16-14-33-30-25-8-9-27(41-22(4)37)31(30)42-32(33)26(11-13-34(33,28(35)18-25)43-23(5)38)36(19-21(2)3)29(39)10-7-24-12-17-40-20-24/h6-10,12,17,20-21,26,28,32H,1,11,13-16,18-19H2,2-5H3/b10-7+/t26?,28-,32?,33+,34-/m1/s1. The number of ether oxygens (including phenoxy) is 3. The maximum Gasteiger partial charge on any atom is 0.308 e. The Hall–Kier alpha value is -3.85. The number of carbonyl (C=O) groups is 3. The first-order valence-corrected chi connectivity index (χ1v) is 15.2. The number of rotatable bonds is 9. The molecule has 2 unspecified atom stereocenters. The molecular formula is C34H40N2O7. The van der Waals surface area contributed by atoms with E-state index in [-0.39, 0.29) is 29.9 Å².